The van der Waals surface area contributed by atoms with Crippen molar-refractivity contribution in [3.05, 3.63) is 0 Å². The van der Waals surface area contributed by atoms with Gasteiger partial charge < -0.3 is 20.1 Å². The van der Waals surface area contributed by atoms with Crippen LogP contribution in [0.1, 0.15) is 213 Å². The van der Waals surface area contributed by atoms with E-state index in [1.807, 2.05) is 0 Å². The van der Waals surface area contributed by atoms with E-state index in [0.29, 0.717) is 13.0 Å². The number of ether oxygens (including phenoxy) is 2. The van der Waals surface area contributed by atoms with Gasteiger partial charge in [0.05, 0.1) is 19.8 Å². The average molecular weight is 720 g/mol. The van der Waals surface area contributed by atoms with Gasteiger partial charge in [0.25, 0.3) is 0 Å². The third kappa shape index (κ3) is 38.6. The Morgan fingerprint density at radius 3 is 1.29 bits per heavy atom. The van der Waals surface area contributed by atoms with Crippen molar-refractivity contribution in [3.8, 4) is 0 Å². The van der Waals surface area contributed by atoms with Crippen LogP contribution in [0.5, 0.6) is 0 Å². The molecule has 0 aromatic carbocycles. The number of hydrogen-bond acceptors (Lipinski definition) is 7. The normalized spacial score (nSPS) is 13.5. The molecule has 0 rings (SSSR count). The summed E-state index contributed by atoms with van der Waals surface area (Å²) in [5, 5.41) is 0. The molecule has 0 saturated carbocycles. The van der Waals surface area contributed by atoms with E-state index >= 15 is 0 Å². The van der Waals surface area contributed by atoms with Crippen LogP contribution in [0.2, 0.25) is 0 Å². The molecule has 0 aliphatic rings. The molecule has 2 unspecified atom stereocenters. The minimum atomic E-state index is -4.26. The number of phosphoric acid groups is 1. The Balaban J connectivity index is 3.98. The zero-order chi connectivity index (χ0) is 35.9. The third-order valence-corrected chi connectivity index (χ3v) is 10.3. The molecule has 0 aliphatic carbocycles. The maximum Gasteiger partial charge on any atom is 0.472 e. The summed E-state index contributed by atoms with van der Waals surface area (Å²) in [4.78, 5) is 22.4. The van der Waals surface area contributed by atoms with E-state index < -0.39 is 13.9 Å². The molecular weight excluding hydrogens is 637 g/mol. The first-order valence-corrected chi connectivity index (χ1v) is 22.5. The second-order valence-corrected chi connectivity index (χ2v) is 15.7. The lowest BCUT2D eigenvalue weighted by Crippen LogP contribution is -2.28. The molecule has 294 valence electrons. The van der Waals surface area contributed by atoms with Gasteiger partial charge >= 0.3 is 13.8 Å². The van der Waals surface area contributed by atoms with Gasteiger partial charge in [-0.05, 0) is 12.8 Å². The van der Waals surface area contributed by atoms with Crippen LogP contribution in [0.25, 0.3) is 0 Å². The molecule has 0 radical (unpaired) electrons. The van der Waals surface area contributed by atoms with Gasteiger partial charge in [-0.1, -0.05) is 194 Å². The fraction of sp³-hybridized carbons (Fsp3) is 0.975. The molecule has 0 bridgehead atoms. The second kappa shape index (κ2) is 38.7. The highest BCUT2D eigenvalue weighted by Crippen LogP contribution is 2.43. The van der Waals surface area contributed by atoms with Gasteiger partial charge in [0.15, 0.2) is 0 Å². The van der Waals surface area contributed by atoms with E-state index in [1.165, 1.54) is 161 Å². The first kappa shape index (κ1) is 48.5. The van der Waals surface area contributed by atoms with Crippen LogP contribution in [0.15, 0.2) is 0 Å². The Morgan fingerprint density at radius 2 is 0.898 bits per heavy atom. The third-order valence-electron chi connectivity index (χ3n) is 9.27. The van der Waals surface area contributed by atoms with E-state index in [9.17, 15) is 14.3 Å². The minimum absolute atomic E-state index is 0.0902. The fourth-order valence-corrected chi connectivity index (χ4v) is 6.94. The number of carbonyl (C=O) groups excluding carboxylic acids is 1. The highest BCUT2D eigenvalue weighted by Gasteiger charge is 2.25. The summed E-state index contributed by atoms with van der Waals surface area (Å²) in [6.07, 6.45) is 38.3. The SMILES string of the molecule is CCCCCCCCCCCCCCCCCCCOCC(COP(=O)(O)OCCN)OC(=O)CCCCCCCCCCCCCCC. The Bertz CT molecular complexity index is 727. The van der Waals surface area contributed by atoms with Gasteiger partial charge in [-0.2, -0.15) is 0 Å². The Kier molecular flexibility index (Phi) is 38.3. The molecule has 0 heterocycles. The second-order valence-electron chi connectivity index (χ2n) is 14.2. The van der Waals surface area contributed by atoms with Crippen molar-refractivity contribution in [2.75, 3.05) is 33.0 Å². The molecule has 0 fully saturated rings. The predicted molar refractivity (Wildman–Crippen MR) is 206 cm³/mol. The molecule has 3 N–H and O–H groups in total. The number of unbranched alkanes of at least 4 members (excludes halogenated alkanes) is 28. The molecule has 2 atom stereocenters. The molecule has 9 heteroatoms. The molecule has 8 nitrogen and oxygen atoms in total. The predicted octanol–water partition coefficient (Wildman–Crippen LogP) is 12.1. The summed E-state index contributed by atoms with van der Waals surface area (Å²) < 4.78 is 33.4. The number of nitrogens with two attached hydrogens (primary N) is 1. The van der Waals surface area contributed by atoms with E-state index in [2.05, 4.69) is 13.8 Å². The van der Waals surface area contributed by atoms with E-state index in [1.54, 1.807) is 0 Å². The fourth-order valence-electron chi connectivity index (χ4n) is 6.17. The molecular formula is C40H82NO7P. The van der Waals surface area contributed by atoms with Crippen molar-refractivity contribution in [1.29, 1.82) is 0 Å². The van der Waals surface area contributed by atoms with Gasteiger partial charge in [0.2, 0.25) is 0 Å². The summed E-state index contributed by atoms with van der Waals surface area (Å²) in [7, 11) is -4.26. The molecule has 0 aromatic heterocycles. The number of hydrogen-bond donors (Lipinski definition) is 2. The molecule has 49 heavy (non-hydrogen) atoms. The highest BCUT2D eigenvalue weighted by atomic mass is 31.2. The van der Waals surface area contributed by atoms with Crippen LogP contribution in [0.4, 0.5) is 0 Å². The van der Waals surface area contributed by atoms with E-state index in [-0.39, 0.29) is 32.3 Å². The zero-order valence-corrected chi connectivity index (χ0v) is 33.3. The Morgan fingerprint density at radius 1 is 0.531 bits per heavy atom. The summed E-state index contributed by atoms with van der Waals surface area (Å²) in [6, 6.07) is 0. The Hall–Kier alpha value is -0.500. The first-order chi connectivity index (χ1) is 23.9. The first-order valence-electron chi connectivity index (χ1n) is 21.0. The maximum absolute atomic E-state index is 12.5. The van der Waals surface area contributed by atoms with Crippen LogP contribution >= 0.6 is 7.82 Å². The van der Waals surface area contributed by atoms with E-state index in [0.717, 1.165) is 32.1 Å². The van der Waals surface area contributed by atoms with Gasteiger partial charge in [-0.15, -0.1) is 0 Å². The maximum atomic E-state index is 12.5. The van der Waals surface area contributed by atoms with Crippen molar-refractivity contribution in [2.45, 2.75) is 219 Å². The van der Waals surface area contributed by atoms with Crippen molar-refractivity contribution in [1.82, 2.24) is 0 Å². The smallest absolute Gasteiger partial charge is 0.457 e. The Labute approximate surface area is 303 Å². The van der Waals surface area contributed by atoms with Crippen LogP contribution < -0.4 is 5.73 Å². The van der Waals surface area contributed by atoms with Crippen LogP contribution in [0, 0.1) is 0 Å². The van der Waals surface area contributed by atoms with Crippen molar-refractivity contribution in [2.24, 2.45) is 5.73 Å². The van der Waals surface area contributed by atoms with Crippen LogP contribution in [0.3, 0.4) is 0 Å². The van der Waals surface area contributed by atoms with Gasteiger partial charge in [-0.25, -0.2) is 4.57 Å². The topological polar surface area (TPSA) is 117 Å². The van der Waals surface area contributed by atoms with E-state index in [4.69, 9.17) is 24.3 Å². The summed E-state index contributed by atoms with van der Waals surface area (Å²) in [5.74, 6) is -0.325. The number of phosphoric ester groups is 1. The average Bonchev–Trinajstić information content (AvgIpc) is 3.09. The highest BCUT2D eigenvalue weighted by molar-refractivity contribution is 7.47. The van der Waals surface area contributed by atoms with Gasteiger partial charge in [0.1, 0.15) is 6.10 Å². The van der Waals surface area contributed by atoms with Gasteiger partial charge in [-0.3, -0.25) is 13.8 Å². The summed E-state index contributed by atoms with van der Waals surface area (Å²) in [6.45, 7) is 4.97. The number of carbonyl (C=O) groups is 1. The molecule has 0 saturated heterocycles. The lowest BCUT2D eigenvalue weighted by Gasteiger charge is -2.20. The quantitative estimate of drug-likeness (QED) is 0.0364. The number of esters is 1. The summed E-state index contributed by atoms with van der Waals surface area (Å²) in [5.41, 5.74) is 5.36. The lowest BCUT2D eigenvalue weighted by atomic mass is 10.0. The van der Waals surface area contributed by atoms with Crippen molar-refractivity contribution >= 4 is 13.8 Å². The van der Waals surface area contributed by atoms with Crippen LogP contribution in [-0.4, -0.2) is 49.9 Å². The summed E-state index contributed by atoms with van der Waals surface area (Å²) >= 11 is 0. The molecule has 0 aliphatic heterocycles. The molecule has 0 aromatic rings. The molecule has 0 amide bonds. The van der Waals surface area contributed by atoms with Gasteiger partial charge in [0, 0.05) is 19.6 Å². The zero-order valence-electron chi connectivity index (χ0n) is 32.5. The minimum Gasteiger partial charge on any atom is -0.457 e. The van der Waals surface area contributed by atoms with Crippen molar-refractivity contribution in [3.63, 3.8) is 0 Å². The standard InChI is InChI=1S/C40H82NO7P/c1-3-5-7-9-11-13-15-17-18-19-20-22-24-26-28-30-32-35-45-37-39(38-47-49(43,44)46-36-34-41)48-40(42)33-31-29-27-25-23-21-16-14-12-10-8-6-4-2/h39H,3-38,41H2,1-2H3,(H,43,44). The largest absolute Gasteiger partial charge is 0.472 e. The molecule has 0 spiro atoms. The van der Waals surface area contributed by atoms with Crippen LogP contribution in [-0.2, 0) is 27.9 Å². The number of rotatable bonds is 41. The monoisotopic (exact) mass is 720 g/mol. The lowest BCUT2D eigenvalue weighted by molar-refractivity contribution is -0.154. The van der Waals surface area contributed by atoms with Crippen molar-refractivity contribution < 1.29 is 32.8 Å².